The molecule has 15 heavy (non-hydrogen) atoms. The van der Waals surface area contributed by atoms with Gasteiger partial charge in [0.05, 0.1) is 0 Å². The van der Waals surface area contributed by atoms with Crippen molar-refractivity contribution >= 4 is 11.6 Å². The predicted octanol–water partition coefficient (Wildman–Crippen LogP) is 2.45. The number of hydrogen-bond acceptors (Lipinski definition) is 2. The van der Waals surface area contributed by atoms with E-state index in [9.17, 15) is 0 Å². The van der Waals surface area contributed by atoms with Crippen LogP contribution in [0.1, 0.15) is 26.7 Å². The molecule has 1 saturated heterocycles. The van der Waals surface area contributed by atoms with Gasteiger partial charge < -0.3 is 5.32 Å². The number of hydrogen-bond donors (Lipinski definition) is 1. The first-order valence-corrected chi connectivity index (χ1v) is 6.37. The predicted molar refractivity (Wildman–Crippen MR) is 67.3 cm³/mol. The summed E-state index contributed by atoms with van der Waals surface area (Å²) in [7, 11) is 0. The molecule has 3 heteroatoms. The van der Waals surface area contributed by atoms with Crippen LogP contribution in [0.25, 0.3) is 0 Å². The minimum Gasteiger partial charge on any atom is -0.313 e. The van der Waals surface area contributed by atoms with Crippen LogP contribution in [0.2, 0.25) is 0 Å². The third-order valence-electron chi connectivity index (χ3n) is 2.72. The number of rotatable bonds is 6. The van der Waals surface area contributed by atoms with Crippen molar-refractivity contribution in [3.8, 4) is 0 Å². The van der Waals surface area contributed by atoms with E-state index in [4.69, 9.17) is 11.6 Å². The maximum absolute atomic E-state index is 5.58. The fraction of sp³-hybridized carbons (Fsp3) is 0.833. The molecule has 0 aliphatic carbocycles. The van der Waals surface area contributed by atoms with Crippen molar-refractivity contribution in [2.45, 2.75) is 32.7 Å². The SMILES string of the molecule is CC(C)CN(C/C=C/Cl)CC1CCCN1. The molecule has 1 N–H and O–H groups in total. The Kier molecular flexibility index (Phi) is 6.30. The number of halogens is 1. The fourth-order valence-electron chi connectivity index (χ4n) is 2.15. The van der Waals surface area contributed by atoms with Crippen molar-refractivity contribution in [3.63, 3.8) is 0 Å². The van der Waals surface area contributed by atoms with E-state index in [-0.39, 0.29) is 0 Å². The highest BCUT2D eigenvalue weighted by Crippen LogP contribution is 2.08. The van der Waals surface area contributed by atoms with Gasteiger partial charge in [0.2, 0.25) is 0 Å². The third-order valence-corrected chi connectivity index (χ3v) is 2.90. The molecule has 1 heterocycles. The van der Waals surface area contributed by atoms with Gasteiger partial charge in [0.15, 0.2) is 0 Å². The second-order valence-corrected chi connectivity index (χ2v) is 5.02. The summed E-state index contributed by atoms with van der Waals surface area (Å²) in [4.78, 5) is 2.48. The van der Waals surface area contributed by atoms with E-state index in [1.807, 2.05) is 6.08 Å². The van der Waals surface area contributed by atoms with Crippen molar-refractivity contribution in [3.05, 3.63) is 11.6 Å². The van der Waals surface area contributed by atoms with Crippen LogP contribution in [0.3, 0.4) is 0 Å². The Labute approximate surface area is 98.7 Å². The Morgan fingerprint density at radius 3 is 2.87 bits per heavy atom. The molecule has 1 atom stereocenters. The Morgan fingerprint density at radius 1 is 1.53 bits per heavy atom. The van der Waals surface area contributed by atoms with E-state index in [0.29, 0.717) is 6.04 Å². The van der Waals surface area contributed by atoms with Gasteiger partial charge in [-0.2, -0.15) is 0 Å². The Morgan fingerprint density at radius 2 is 2.33 bits per heavy atom. The second-order valence-electron chi connectivity index (χ2n) is 4.77. The molecule has 0 spiro atoms. The molecular formula is C12H23ClN2. The van der Waals surface area contributed by atoms with E-state index in [1.165, 1.54) is 19.4 Å². The lowest BCUT2D eigenvalue weighted by Gasteiger charge is -2.25. The van der Waals surface area contributed by atoms with Gasteiger partial charge in [0.25, 0.3) is 0 Å². The minimum absolute atomic E-state index is 0.687. The van der Waals surface area contributed by atoms with Crippen LogP contribution in [-0.4, -0.2) is 37.1 Å². The topological polar surface area (TPSA) is 15.3 Å². The second kappa shape index (κ2) is 7.26. The number of nitrogens with one attached hydrogen (secondary N) is 1. The van der Waals surface area contributed by atoms with Crippen LogP contribution in [0.5, 0.6) is 0 Å². The lowest BCUT2D eigenvalue weighted by molar-refractivity contribution is 0.245. The van der Waals surface area contributed by atoms with Crippen molar-refractivity contribution < 1.29 is 0 Å². The van der Waals surface area contributed by atoms with Gasteiger partial charge in [-0.3, -0.25) is 4.90 Å². The summed E-state index contributed by atoms with van der Waals surface area (Å²) in [6.07, 6.45) is 4.67. The van der Waals surface area contributed by atoms with Gasteiger partial charge in [-0.15, -0.1) is 0 Å². The van der Waals surface area contributed by atoms with E-state index in [2.05, 4.69) is 24.1 Å². The zero-order chi connectivity index (χ0) is 11.1. The molecule has 1 rings (SSSR count). The Hall–Kier alpha value is -0.0500. The molecule has 0 radical (unpaired) electrons. The molecule has 88 valence electrons. The molecule has 1 aliphatic rings. The van der Waals surface area contributed by atoms with Crippen molar-refractivity contribution in [2.75, 3.05) is 26.2 Å². The zero-order valence-corrected chi connectivity index (χ0v) is 10.6. The molecule has 0 aromatic heterocycles. The maximum atomic E-state index is 5.58. The summed E-state index contributed by atoms with van der Waals surface area (Å²) in [5.74, 6) is 0.718. The van der Waals surface area contributed by atoms with Crippen LogP contribution in [-0.2, 0) is 0 Å². The summed E-state index contributed by atoms with van der Waals surface area (Å²) < 4.78 is 0. The van der Waals surface area contributed by atoms with Crippen LogP contribution < -0.4 is 5.32 Å². The lowest BCUT2D eigenvalue weighted by Crippen LogP contribution is -2.39. The zero-order valence-electron chi connectivity index (χ0n) is 9.88. The number of nitrogens with zero attached hydrogens (tertiary/aromatic N) is 1. The molecule has 0 aromatic rings. The van der Waals surface area contributed by atoms with Crippen molar-refractivity contribution in [2.24, 2.45) is 5.92 Å². The molecule has 1 unspecified atom stereocenters. The minimum atomic E-state index is 0.687. The average Bonchev–Trinajstić information content (AvgIpc) is 2.66. The maximum Gasteiger partial charge on any atom is 0.0195 e. The summed E-state index contributed by atoms with van der Waals surface area (Å²) >= 11 is 5.58. The van der Waals surface area contributed by atoms with Crippen LogP contribution in [0.4, 0.5) is 0 Å². The molecule has 0 saturated carbocycles. The van der Waals surface area contributed by atoms with E-state index >= 15 is 0 Å². The molecular weight excluding hydrogens is 208 g/mol. The highest BCUT2D eigenvalue weighted by atomic mass is 35.5. The quantitative estimate of drug-likeness (QED) is 0.754. The highest BCUT2D eigenvalue weighted by molar-refractivity contribution is 6.25. The van der Waals surface area contributed by atoms with E-state index in [0.717, 1.165) is 25.6 Å². The molecule has 0 amide bonds. The van der Waals surface area contributed by atoms with Gasteiger partial charge in [-0.1, -0.05) is 31.5 Å². The summed E-state index contributed by atoms with van der Waals surface area (Å²) in [6.45, 7) is 8.99. The average molecular weight is 231 g/mol. The van der Waals surface area contributed by atoms with Crippen LogP contribution in [0, 0.1) is 5.92 Å². The summed E-state index contributed by atoms with van der Waals surface area (Å²) in [6, 6.07) is 0.687. The van der Waals surface area contributed by atoms with Gasteiger partial charge in [0, 0.05) is 31.2 Å². The van der Waals surface area contributed by atoms with Crippen molar-refractivity contribution in [1.29, 1.82) is 0 Å². The fourth-order valence-corrected chi connectivity index (χ4v) is 2.23. The van der Waals surface area contributed by atoms with E-state index < -0.39 is 0 Å². The van der Waals surface area contributed by atoms with E-state index in [1.54, 1.807) is 5.54 Å². The third kappa shape index (κ3) is 5.55. The Bertz CT molecular complexity index is 186. The molecule has 1 aliphatic heterocycles. The van der Waals surface area contributed by atoms with Gasteiger partial charge in [-0.05, 0) is 25.3 Å². The first-order chi connectivity index (χ1) is 7.22. The van der Waals surface area contributed by atoms with Crippen LogP contribution in [0.15, 0.2) is 11.6 Å². The normalized spacial score (nSPS) is 22.3. The molecule has 1 fully saturated rings. The largest absolute Gasteiger partial charge is 0.313 e. The smallest absolute Gasteiger partial charge is 0.0195 e. The van der Waals surface area contributed by atoms with Crippen LogP contribution >= 0.6 is 11.6 Å². The molecule has 0 aromatic carbocycles. The van der Waals surface area contributed by atoms with Gasteiger partial charge >= 0.3 is 0 Å². The Balaban J connectivity index is 2.32. The standard InChI is InChI=1S/C12H23ClN2/c1-11(2)9-15(8-4-6-13)10-12-5-3-7-14-12/h4,6,11-12,14H,3,5,7-10H2,1-2H3/b6-4+. The first kappa shape index (κ1) is 13.0. The van der Waals surface area contributed by atoms with Crippen molar-refractivity contribution in [1.82, 2.24) is 10.2 Å². The molecule has 2 nitrogen and oxygen atoms in total. The lowest BCUT2D eigenvalue weighted by atomic mass is 10.1. The molecule has 0 bridgehead atoms. The summed E-state index contributed by atoms with van der Waals surface area (Å²) in [5.41, 5.74) is 1.62. The van der Waals surface area contributed by atoms with Gasteiger partial charge in [0.1, 0.15) is 0 Å². The highest BCUT2D eigenvalue weighted by Gasteiger charge is 2.17. The van der Waals surface area contributed by atoms with Gasteiger partial charge in [-0.25, -0.2) is 0 Å². The monoisotopic (exact) mass is 230 g/mol. The first-order valence-electron chi connectivity index (χ1n) is 5.93. The summed E-state index contributed by atoms with van der Waals surface area (Å²) in [5, 5.41) is 3.54.